The second kappa shape index (κ2) is 11.2. The van der Waals surface area contributed by atoms with Crippen LogP contribution in [0.4, 0.5) is 0 Å². The normalized spacial score (nSPS) is 16.6. The maximum Gasteiger partial charge on any atom is 0.191 e. The maximum absolute atomic E-state index is 11.6. The summed E-state index contributed by atoms with van der Waals surface area (Å²) < 4.78 is 28.4. The number of rotatable bonds is 10. The number of sulfone groups is 1. The third kappa shape index (κ3) is 8.55. The van der Waals surface area contributed by atoms with Crippen LogP contribution in [-0.2, 0) is 9.84 Å². The Morgan fingerprint density at radius 2 is 1.89 bits per heavy atom. The molecule has 2 N–H and O–H groups in total. The van der Waals surface area contributed by atoms with Gasteiger partial charge in [0.15, 0.2) is 5.96 Å². The Hall–Kier alpha value is -1.03. The summed E-state index contributed by atoms with van der Waals surface area (Å²) in [6.07, 6.45) is 4.17. The molecule has 0 aromatic heterocycles. The van der Waals surface area contributed by atoms with Gasteiger partial charge in [0.05, 0.1) is 12.9 Å². The molecule has 1 aromatic rings. The van der Waals surface area contributed by atoms with Gasteiger partial charge in [-0.1, -0.05) is 19.1 Å². The van der Waals surface area contributed by atoms with E-state index in [4.69, 9.17) is 4.74 Å². The first kappa shape index (κ1) is 25.0. The molecule has 1 aromatic carbocycles. The van der Waals surface area contributed by atoms with Crippen molar-refractivity contribution in [2.45, 2.75) is 39.0 Å². The molecule has 1 unspecified atom stereocenters. The summed E-state index contributed by atoms with van der Waals surface area (Å²) in [5.74, 6) is 2.29. The first-order chi connectivity index (χ1) is 12.8. The van der Waals surface area contributed by atoms with Crippen LogP contribution in [0.5, 0.6) is 5.75 Å². The topological polar surface area (TPSA) is 79.8 Å². The molecule has 160 valence electrons. The number of ether oxygens (including phenoxy) is 1. The van der Waals surface area contributed by atoms with E-state index in [1.807, 2.05) is 19.1 Å². The van der Waals surface area contributed by atoms with Crippen molar-refractivity contribution in [3.05, 3.63) is 29.8 Å². The highest BCUT2D eigenvalue weighted by Gasteiger charge is 2.45. The lowest BCUT2D eigenvalue weighted by Gasteiger charge is -2.17. The fourth-order valence-corrected chi connectivity index (χ4v) is 4.67. The summed E-state index contributed by atoms with van der Waals surface area (Å²) in [4.78, 5) is 4.64. The van der Waals surface area contributed by atoms with Crippen molar-refractivity contribution in [1.82, 2.24) is 10.6 Å². The molecule has 1 atom stereocenters. The molecule has 0 saturated heterocycles. The Balaban J connectivity index is 0.00000392. The van der Waals surface area contributed by atoms with E-state index in [0.29, 0.717) is 12.5 Å². The number of nitrogens with zero attached hydrogens (tertiary/aromatic N) is 1. The van der Waals surface area contributed by atoms with Crippen LogP contribution in [0.3, 0.4) is 0 Å². The lowest BCUT2D eigenvalue weighted by Crippen LogP contribution is -2.38. The minimum Gasteiger partial charge on any atom is -0.497 e. The highest BCUT2D eigenvalue weighted by molar-refractivity contribution is 14.0. The van der Waals surface area contributed by atoms with E-state index >= 15 is 0 Å². The maximum atomic E-state index is 11.6. The summed E-state index contributed by atoms with van der Waals surface area (Å²) in [5, 5.41) is 6.62. The number of halogens is 1. The molecule has 0 heterocycles. The van der Waals surface area contributed by atoms with Crippen molar-refractivity contribution >= 4 is 39.8 Å². The minimum absolute atomic E-state index is 0. The van der Waals surface area contributed by atoms with Crippen LogP contribution >= 0.6 is 24.0 Å². The van der Waals surface area contributed by atoms with Crippen LogP contribution in [0, 0.1) is 5.41 Å². The summed E-state index contributed by atoms with van der Waals surface area (Å²) >= 11 is 0. The molecule has 1 aliphatic carbocycles. The van der Waals surface area contributed by atoms with Gasteiger partial charge in [-0.25, -0.2) is 8.42 Å². The fourth-order valence-electron chi connectivity index (χ4n) is 3.18. The fraction of sp³-hybridized carbons (Fsp3) is 0.650. The number of aliphatic imine (C=N–C) groups is 1. The Bertz CT molecular complexity index is 732. The van der Waals surface area contributed by atoms with Gasteiger partial charge >= 0.3 is 0 Å². The third-order valence-electron chi connectivity index (χ3n) is 5.00. The smallest absolute Gasteiger partial charge is 0.191 e. The average Bonchev–Trinajstić information content (AvgIpc) is 3.37. The Morgan fingerprint density at radius 1 is 1.25 bits per heavy atom. The molecule has 2 rings (SSSR count). The molecule has 0 amide bonds. The van der Waals surface area contributed by atoms with E-state index < -0.39 is 9.84 Å². The summed E-state index contributed by atoms with van der Waals surface area (Å²) in [6.45, 7) is 6.37. The van der Waals surface area contributed by atoms with Gasteiger partial charge < -0.3 is 15.4 Å². The second-order valence-corrected chi connectivity index (χ2v) is 9.80. The van der Waals surface area contributed by atoms with Crippen molar-refractivity contribution in [3.63, 3.8) is 0 Å². The molecule has 0 bridgehead atoms. The van der Waals surface area contributed by atoms with E-state index in [9.17, 15) is 8.42 Å². The average molecular weight is 523 g/mol. The number of guanidine groups is 1. The van der Waals surface area contributed by atoms with E-state index in [-0.39, 0.29) is 35.1 Å². The van der Waals surface area contributed by atoms with Crippen molar-refractivity contribution < 1.29 is 13.2 Å². The van der Waals surface area contributed by atoms with Gasteiger partial charge in [-0.15, -0.1) is 24.0 Å². The lowest BCUT2D eigenvalue weighted by molar-refractivity contribution is 0.414. The van der Waals surface area contributed by atoms with Crippen molar-refractivity contribution in [1.29, 1.82) is 0 Å². The SMILES string of the molecule is CCNC(=NCC1(CS(C)(=O)=O)CC1)NCCC(C)c1ccc(OC)cc1.I. The van der Waals surface area contributed by atoms with Crippen LogP contribution in [0.1, 0.15) is 44.6 Å². The van der Waals surface area contributed by atoms with Crippen molar-refractivity contribution in [2.75, 3.05) is 38.8 Å². The molecular formula is C20H34IN3O3S. The highest BCUT2D eigenvalue weighted by Crippen LogP contribution is 2.46. The molecule has 6 nitrogen and oxygen atoms in total. The van der Waals surface area contributed by atoms with Crippen LogP contribution in [-0.4, -0.2) is 53.1 Å². The molecule has 1 fully saturated rings. The zero-order chi connectivity index (χ0) is 19.9. The first-order valence-electron chi connectivity index (χ1n) is 9.61. The quantitative estimate of drug-likeness (QED) is 0.280. The monoisotopic (exact) mass is 523 g/mol. The molecule has 1 aliphatic rings. The van der Waals surface area contributed by atoms with Gasteiger partial charge in [0.1, 0.15) is 15.6 Å². The minimum atomic E-state index is -2.96. The summed E-state index contributed by atoms with van der Waals surface area (Å²) in [6, 6.07) is 8.18. The Labute approximate surface area is 186 Å². The van der Waals surface area contributed by atoms with Gasteiger partial charge in [0.2, 0.25) is 0 Å². The van der Waals surface area contributed by atoms with Gasteiger partial charge in [-0.05, 0) is 49.8 Å². The van der Waals surface area contributed by atoms with Crippen LogP contribution < -0.4 is 15.4 Å². The van der Waals surface area contributed by atoms with Crippen molar-refractivity contribution in [3.8, 4) is 5.75 Å². The third-order valence-corrected chi connectivity index (χ3v) is 6.13. The van der Waals surface area contributed by atoms with E-state index in [0.717, 1.165) is 44.1 Å². The number of hydrogen-bond acceptors (Lipinski definition) is 4. The van der Waals surface area contributed by atoms with Crippen LogP contribution in [0.2, 0.25) is 0 Å². The first-order valence-corrected chi connectivity index (χ1v) is 11.7. The Kier molecular flexibility index (Phi) is 10.0. The zero-order valence-electron chi connectivity index (χ0n) is 17.3. The van der Waals surface area contributed by atoms with Gasteiger partial charge in [-0.3, -0.25) is 4.99 Å². The molecule has 1 saturated carbocycles. The van der Waals surface area contributed by atoms with Crippen molar-refractivity contribution in [2.24, 2.45) is 10.4 Å². The molecule has 8 heteroatoms. The van der Waals surface area contributed by atoms with Gasteiger partial charge in [-0.2, -0.15) is 0 Å². The van der Waals surface area contributed by atoms with Crippen LogP contribution in [0.25, 0.3) is 0 Å². The number of nitrogens with one attached hydrogen (secondary N) is 2. The predicted octanol–water partition coefficient (Wildman–Crippen LogP) is 3.19. The number of benzene rings is 1. The molecular weight excluding hydrogens is 489 g/mol. The standard InChI is InChI=1S/C20H33N3O3S.HI/c1-5-21-19(23-14-20(11-12-20)15-27(4,24)25)22-13-10-16(2)17-6-8-18(26-3)9-7-17;/h6-9,16H,5,10-15H2,1-4H3,(H2,21,22,23);1H. The van der Waals surface area contributed by atoms with E-state index in [1.54, 1.807) is 7.11 Å². The summed E-state index contributed by atoms with van der Waals surface area (Å²) in [7, 11) is -1.29. The van der Waals surface area contributed by atoms with E-state index in [2.05, 4.69) is 34.7 Å². The lowest BCUT2D eigenvalue weighted by atomic mass is 9.98. The molecule has 0 spiro atoms. The van der Waals surface area contributed by atoms with Gasteiger partial charge in [0, 0.05) is 31.3 Å². The molecule has 0 radical (unpaired) electrons. The second-order valence-electron chi connectivity index (χ2n) is 7.65. The summed E-state index contributed by atoms with van der Waals surface area (Å²) in [5.41, 5.74) is 1.14. The largest absolute Gasteiger partial charge is 0.497 e. The zero-order valence-corrected chi connectivity index (χ0v) is 20.5. The number of methoxy groups -OCH3 is 1. The Morgan fingerprint density at radius 3 is 2.39 bits per heavy atom. The molecule has 28 heavy (non-hydrogen) atoms. The van der Waals surface area contributed by atoms with Crippen LogP contribution in [0.15, 0.2) is 29.3 Å². The predicted molar refractivity (Wildman–Crippen MR) is 127 cm³/mol. The number of hydrogen-bond donors (Lipinski definition) is 2. The highest BCUT2D eigenvalue weighted by atomic mass is 127. The van der Waals surface area contributed by atoms with E-state index in [1.165, 1.54) is 11.8 Å². The molecule has 0 aliphatic heterocycles. The van der Waals surface area contributed by atoms with Gasteiger partial charge in [0.25, 0.3) is 0 Å².